The number of esters is 1. The van der Waals surface area contributed by atoms with E-state index in [0.29, 0.717) is 13.0 Å². The van der Waals surface area contributed by atoms with Crippen molar-refractivity contribution in [1.29, 1.82) is 0 Å². The molecular weight excluding hydrogens is 210 g/mol. The summed E-state index contributed by atoms with van der Waals surface area (Å²) in [6, 6.07) is 0. The summed E-state index contributed by atoms with van der Waals surface area (Å²) in [5.41, 5.74) is -0.732. The topological polar surface area (TPSA) is 64.6 Å². The minimum absolute atomic E-state index is 0.298. The molecule has 0 aromatic rings. The fraction of sp³-hybridized carbons (Fsp3) is 0.818. The molecule has 0 unspecified atom stereocenters. The monoisotopic (exact) mass is 229 g/mol. The maximum Gasteiger partial charge on any atom is 0.516 e. The Morgan fingerprint density at radius 2 is 2.19 bits per heavy atom. The normalized spacial score (nSPS) is 24.1. The van der Waals surface area contributed by atoms with Crippen molar-refractivity contribution in [2.45, 2.75) is 45.1 Å². The predicted octanol–water partition coefficient (Wildman–Crippen LogP) is 1.61. The highest BCUT2D eigenvalue weighted by Gasteiger charge is 2.39. The van der Waals surface area contributed by atoms with Gasteiger partial charge in [-0.2, -0.15) is 0 Å². The Balaban J connectivity index is 2.30. The van der Waals surface area contributed by atoms with Gasteiger partial charge in [-0.1, -0.05) is 13.3 Å². The van der Waals surface area contributed by atoms with Crippen LogP contribution >= 0.6 is 0 Å². The van der Waals surface area contributed by atoms with Crippen LogP contribution in [0, 0.1) is 0 Å². The fourth-order valence-corrected chi connectivity index (χ4v) is 1.59. The highest BCUT2D eigenvalue weighted by atomic mass is 16.7. The average Bonchev–Trinajstić information content (AvgIpc) is 2.67. The molecule has 1 N–H and O–H groups in total. The van der Waals surface area contributed by atoms with Crippen molar-refractivity contribution in [2.24, 2.45) is 0 Å². The van der Waals surface area contributed by atoms with E-state index >= 15 is 0 Å². The average molecular weight is 229 g/mol. The number of carbonyl (C=O) groups is 2. The molecule has 5 heteroatoms. The lowest BCUT2D eigenvalue weighted by atomic mass is 10.0. The molecule has 0 radical (unpaired) electrons. The first kappa shape index (κ1) is 13.0. The zero-order valence-electron chi connectivity index (χ0n) is 9.88. The summed E-state index contributed by atoms with van der Waals surface area (Å²) < 4.78 is 9.37. The molecule has 0 saturated carbocycles. The van der Waals surface area contributed by atoms with E-state index in [1.165, 1.54) is 0 Å². The molecule has 1 heterocycles. The Labute approximate surface area is 95.5 Å². The van der Waals surface area contributed by atoms with E-state index in [1.807, 2.05) is 6.92 Å². The van der Waals surface area contributed by atoms with Crippen LogP contribution in [-0.4, -0.2) is 30.8 Å². The van der Waals surface area contributed by atoms with Crippen molar-refractivity contribution in [3.05, 3.63) is 0 Å². The molecule has 0 aromatic heterocycles. The molecule has 0 aromatic carbocycles. The lowest BCUT2D eigenvalue weighted by Gasteiger charge is -2.20. The molecule has 0 amide bonds. The van der Waals surface area contributed by atoms with Crippen LogP contribution in [-0.2, 0) is 14.3 Å². The van der Waals surface area contributed by atoms with Crippen molar-refractivity contribution in [3.63, 3.8) is 0 Å². The fourth-order valence-electron chi connectivity index (χ4n) is 1.59. The first-order valence-corrected chi connectivity index (χ1v) is 5.72. The summed E-state index contributed by atoms with van der Waals surface area (Å²) in [6.07, 6.45) is 2.41. The van der Waals surface area contributed by atoms with Gasteiger partial charge in [0.2, 0.25) is 0 Å². The van der Waals surface area contributed by atoms with Crippen molar-refractivity contribution in [1.82, 2.24) is 5.32 Å². The van der Waals surface area contributed by atoms with Crippen LogP contribution in [0.25, 0.3) is 0 Å². The zero-order chi connectivity index (χ0) is 12.0. The van der Waals surface area contributed by atoms with Gasteiger partial charge in [-0.3, -0.25) is 0 Å². The largest absolute Gasteiger partial charge is 0.516 e. The van der Waals surface area contributed by atoms with Crippen LogP contribution in [0.15, 0.2) is 0 Å². The Morgan fingerprint density at radius 1 is 1.44 bits per heavy atom. The summed E-state index contributed by atoms with van der Waals surface area (Å²) in [5, 5.41) is 3.02. The SMILES string of the molecule is CCCCOC(=O)OC(=O)[C@]1(C)CCCN1. The van der Waals surface area contributed by atoms with Crippen LogP contribution in [0.5, 0.6) is 0 Å². The lowest BCUT2D eigenvalue weighted by Crippen LogP contribution is -2.46. The van der Waals surface area contributed by atoms with E-state index in [4.69, 9.17) is 4.74 Å². The summed E-state index contributed by atoms with van der Waals surface area (Å²) >= 11 is 0. The third-order valence-corrected chi connectivity index (χ3v) is 2.71. The smallest absolute Gasteiger partial charge is 0.434 e. The van der Waals surface area contributed by atoms with Crippen molar-refractivity contribution in [2.75, 3.05) is 13.2 Å². The van der Waals surface area contributed by atoms with Crippen LogP contribution in [0.4, 0.5) is 4.79 Å². The number of nitrogens with one attached hydrogen (secondary N) is 1. The summed E-state index contributed by atoms with van der Waals surface area (Å²) in [4.78, 5) is 22.8. The van der Waals surface area contributed by atoms with E-state index in [9.17, 15) is 9.59 Å². The molecule has 5 nitrogen and oxygen atoms in total. The van der Waals surface area contributed by atoms with E-state index in [2.05, 4.69) is 10.1 Å². The van der Waals surface area contributed by atoms with Gasteiger partial charge in [-0.15, -0.1) is 0 Å². The maximum atomic E-state index is 11.6. The number of hydrogen-bond donors (Lipinski definition) is 1. The molecular formula is C11H19NO4. The van der Waals surface area contributed by atoms with Gasteiger partial charge >= 0.3 is 12.1 Å². The van der Waals surface area contributed by atoms with Gasteiger partial charge in [0.05, 0.1) is 6.61 Å². The second-order valence-corrected chi connectivity index (χ2v) is 4.20. The van der Waals surface area contributed by atoms with Gasteiger partial charge < -0.3 is 14.8 Å². The van der Waals surface area contributed by atoms with Gasteiger partial charge in [0.1, 0.15) is 5.54 Å². The van der Waals surface area contributed by atoms with E-state index in [1.54, 1.807) is 6.92 Å². The molecule has 92 valence electrons. The number of ether oxygens (including phenoxy) is 2. The van der Waals surface area contributed by atoms with Crippen LogP contribution in [0.2, 0.25) is 0 Å². The molecule has 0 spiro atoms. The predicted molar refractivity (Wildman–Crippen MR) is 58.0 cm³/mol. The van der Waals surface area contributed by atoms with Crippen molar-refractivity contribution in [3.8, 4) is 0 Å². The molecule has 0 aliphatic carbocycles. The van der Waals surface area contributed by atoms with Gasteiger partial charge in [-0.05, 0) is 32.7 Å². The van der Waals surface area contributed by atoms with Gasteiger partial charge in [0.25, 0.3) is 0 Å². The van der Waals surface area contributed by atoms with Gasteiger partial charge in [-0.25, -0.2) is 9.59 Å². The zero-order valence-corrected chi connectivity index (χ0v) is 9.88. The summed E-state index contributed by atoms with van der Waals surface area (Å²) in [6.45, 7) is 4.80. The Kier molecular flexibility index (Phi) is 4.73. The third kappa shape index (κ3) is 3.48. The van der Waals surface area contributed by atoms with Gasteiger partial charge in [0, 0.05) is 0 Å². The molecule has 1 aliphatic heterocycles. The molecule has 1 fully saturated rings. The maximum absolute atomic E-state index is 11.6. The van der Waals surface area contributed by atoms with Crippen LogP contribution in [0.1, 0.15) is 39.5 Å². The second kappa shape index (κ2) is 5.84. The standard InChI is InChI=1S/C11H19NO4/c1-3-4-8-15-10(14)16-9(13)11(2)6-5-7-12-11/h12H,3-8H2,1-2H3/t11-/m0/s1. The highest BCUT2D eigenvalue weighted by molar-refractivity contribution is 5.88. The molecule has 0 bridgehead atoms. The second-order valence-electron chi connectivity index (χ2n) is 4.20. The molecule has 1 aliphatic rings. The van der Waals surface area contributed by atoms with Crippen molar-refractivity contribution >= 4 is 12.1 Å². The molecule has 1 saturated heterocycles. The minimum atomic E-state index is -0.895. The quantitative estimate of drug-likeness (QED) is 0.450. The molecule has 1 rings (SSSR count). The number of unbranched alkanes of at least 4 members (excludes halogenated alkanes) is 1. The first-order valence-electron chi connectivity index (χ1n) is 5.72. The molecule has 1 atom stereocenters. The van der Waals surface area contributed by atoms with E-state index in [-0.39, 0.29) is 0 Å². The Hall–Kier alpha value is -1.10. The number of rotatable bonds is 4. The van der Waals surface area contributed by atoms with Crippen molar-refractivity contribution < 1.29 is 19.1 Å². The highest BCUT2D eigenvalue weighted by Crippen LogP contribution is 2.20. The summed E-state index contributed by atoms with van der Waals surface area (Å²) in [7, 11) is 0. The van der Waals surface area contributed by atoms with E-state index in [0.717, 1.165) is 25.8 Å². The van der Waals surface area contributed by atoms with E-state index < -0.39 is 17.7 Å². The van der Waals surface area contributed by atoms with Gasteiger partial charge in [0.15, 0.2) is 0 Å². The lowest BCUT2D eigenvalue weighted by molar-refractivity contribution is -0.146. The summed E-state index contributed by atoms with van der Waals surface area (Å²) in [5.74, 6) is -0.550. The van der Waals surface area contributed by atoms with Crippen LogP contribution < -0.4 is 5.32 Å². The third-order valence-electron chi connectivity index (χ3n) is 2.71. The number of hydrogen-bond acceptors (Lipinski definition) is 5. The first-order chi connectivity index (χ1) is 7.58. The Morgan fingerprint density at radius 3 is 2.75 bits per heavy atom. The number of carbonyl (C=O) groups excluding carboxylic acids is 2. The minimum Gasteiger partial charge on any atom is -0.434 e. The Bertz CT molecular complexity index is 259. The van der Waals surface area contributed by atoms with Crippen LogP contribution in [0.3, 0.4) is 0 Å². The molecule has 16 heavy (non-hydrogen) atoms.